The van der Waals surface area contributed by atoms with Crippen LogP contribution in [0.3, 0.4) is 0 Å². The van der Waals surface area contributed by atoms with Crippen molar-refractivity contribution in [2.24, 2.45) is 5.73 Å². The summed E-state index contributed by atoms with van der Waals surface area (Å²) in [5.74, 6) is -0.180. The number of hydrogen-bond acceptors (Lipinski definition) is 1. The Hall–Kier alpha value is -1.31. The average Bonchev–Trinajstić information content (AvgIpc) is 2.90. The lowest BCUT2D eigenvalue weighted by molar-refractivity contribution is -0.120. The van der Waals surface area contributed by atoms with Crippen LogP contribution in [0.5, 0.6) is 0 Å². The first-order chi connectivity index (χ1) is 6.56. The van der Waals surface area contributed by atoms with E-state index in [0.29, 0.717) is 0 Å². The Bertz CT molecular complexity index is 391. The van der Waals surface area contributed by atoms with Gasteiger partial charge in [-0.1, -0.05) is 18.2 Å². The molecule has 74 valence electrons. The van der Waals surface area contributed by atoms with Crippen molar-refractivity contribution in [2.75, 3.05) is 0 Å². The van der Waals surface area contributed by atoms with E-state index >= 15 is 0 Å². The molecule has 2 N–H and O–H groups in total. The maximum Gasteiger partial charge on any atom is 0.228 e. The summed E-state index contributed by atoms with van der Waals surface area (Å²) in [4.78, 5) is 11.3. The van der Waals surface area contributed by atoms with E-state index in [1.807, 2.05) is 6.07 Å². The van der Waals surface area contributed by atoms with Gasteiger partial charge in [-0.3, -0.25) is 4.79 Å². The van der Waals surface area contributed by atoms with Gasteiger partial charge in [0.1, 0.15) is 0 Å². The summed E-state index contributed by atoms with van der Waals surface area (Å²) in [6, 6.07) is 6.18. The third-order valence-electron chi connectivity index (χ3n) is 3.28. The number of benzene rings is 1. The van der Waals surface area contributed by atoms with Crippen LogP contribution in [0, 0.1) is 13.8 Å². The van der Waals surface area contributed by atoms with E-state index < -0.39 is 0 Å². The number of hydrogen-bond donors (Lipinski definition) is 1. The van der Waals surface area contributed by atoms with E-state index in [1.54, 1.807) is 0 Å². The van der Waals surface area contributed by atoms with Crippen molar-refractivity contribution in [1.29, 1.82) is 0 Å². The monoisotopic (exact) mass is 189 g/mol. The Morgan fingerprint density at radius 1 is 1.29 bits per heavy atom. The minimum absolute atomic E-state index is 0.180. The van der Waals surface area contributed by atoms with Crippen LogP contribution in [0.25, 0.3) is 0 Å². The number of amides is 1. The third kappa shape index (κ3) is 1.22. The highest BCUT2D eigenvalue weighted by atomic mass is 16.1. The molecule has 2 heteroatoms. The zero-order valence-electron chi connectivity index (χ0n) is 8.63. The van der Waals surface area contributed by atoms with Crippen LogP contribution < -0.4 is 5.73 Å². The molecule has 1 saturated carbocycles. The molecule has 14 heavy (non-hydrogen) atoms. The first-order valence-electron chi connectivity index (χ1n) is 4.94. The van der Waals surface area contributed by atoms with E-state index in [0.717, 1.165) is 18.4 Å². The van der Waals surface area contributed by atoms with Crippen LogP contribution in [0.4, 0.5) is 0 Å². The Morgan fingerprint density at radius 3 is 2.36 bits per heavy atom. The average molecular weight is 189 g/mol. The number of rotatable bonds is 2. The molecule has 1 aliphatic carbocycles. The largest absolute Gasteiger partial charge is 0.369 e. The van der Waals surface area contributed by atoms with Crippen molar-refractivity contribution in [1.82, 2.24) is 0 Å². The summed E-state index contributed by atoms with van der Waals surface area (Å²) in [6.07, 6.45) is 1.82. The van der Waals surface area contributed by atoms with Gasteiger partial charge in [-0.15, -0.1) is 0 Å². The maximum absolute atomic E-state index is 11.3. The molecule has 2 rings (SSSR count). The summed E-state index contributed by atoms with van der Waals surface area (Å²) in [5.41, 5.74) is 8.66. The van der Waals surface area contributed by atoms with Crippen molar-refractivity contribution in [3.05, 3.63) is 34.9 Å². The van der Waals surface area contributed by atoms with E-state index in [-0.39, 0.29) is 11.3 Å². The van der Waals surface area contributed by atoms with Gasteiger partial charge in [-0.2, -0.15) is 0 Å². The predicted octanol–water partition coefficient (Wildman–Crippen LogP) is 1.82. The van der Waals surface area contributed by atoms with Gasteiger partial charge in [0.2, 0.25) is 5.91 Å². The molecular weight excluding hydrogens is 174 g/mol. The summed E-state index contributed by atoms with van der Waals surface area (Å²) in [6.45, 7) is 4.14. The van der Waals surface area contributed by atoms with E-state index in [1.165, 1.54) is 11.1 Å². The number of carbonyl (C=O) groups excluding carboxylic acids is 1. The van der Waals surface area contributed by atoms with Crippen LogP contribution >= 0.6 is 0 Å². The minimum Gasteiger partial charge on any atom is -0.369 e. The van der Waals surface area contributed by atoms with Crippen LogP contribution in [0.1, 0.15) is 29.5 Å². The topological polar surface area (TPSA) is 43.1 Å². The molecule has 1 aromatic rings. The van der Waals surface area contributed by atoms with Crippen LogP contribution in [0.15, 0.2) is 18.2 Å². The zero-order chi connectivity index (χ0) is 10.3. The molecular formula is C12H15NO. The minimum atomic E-state index is -0.335. The summed E-state index contributed by atoms with van der Waals surface area (Å²) in [7, 11) is 0. The molecule has 0 saturated heterocycles. The molecule has 1 fully saturated rings. The molecule has 0 aliphatic heterocycles. The molecule has 0 heterocycles. The second-order valence-electron chi connectivity index (χ2n) is 4.25. The molecule has 0 aromatic heterocycles. The lowest BCUT2D eigenvalue weighted by Gasteiger charge is -2.12. The van der Waals surface area contributed by atoms with Crippen LogP contribution in [0.2, 0.25) is 0 Å². The van der Waals surface area contributed by atoms with Crippen LogP contribution in [-0.2, 0) is 10.2 Å². The third-order valence-corrected chi connectivity index (χ3v) is 3.28. The smallest absolute Gasteiger partial charge is 0.228 e. The first-order valence-corrected chi connectivity index (χ1v) is 4.94. The molecule has 0 bridgehead atoms. The highest BCUT2D eigenvalue weighted by molar-refractivity contribution is 5.89. The molecule has 2 nitrogen and oxygen atoms in total. The molecule has 1 amide bonds. The van der Waals surface area contributed by atoms with Gasteiger partial charge in [0.15, 0.2) is 0 Å². The first kappa shape index (κ1) is 9.25. The Balaban J connectivity index is 2.43. The van der Waals surface area contributed by atoms with Crippen LogP contribution in [-0.4, -0.2) is 5.91 Å². The fourth-order valence-corrected chi connectivity index (χ4v) is 1.84. The van der Waals surface area contributed by atoms with Gasteiger partial charge in [-0.25, -0.2) is 0 Å². The quantitative estimate of drug-likeness (QED) is 0.757. The standard InChI is InChI=1S/C12H15NO/c1-8-3-4-10(7-9(8)2)12(5-6-12)11(13)14/h3-4,7H,5-6H2,1-2H3,(H2,13,14). The van der Waals surface area contributed by atoms with Crippen molar-refractivity contribution in [3.63, 3.8) is 0 Å². The second kappa shape index (κ2) is 2.84. The fourth-order valence-electron chi connectivity index (χ4n) is 1.84. The Kier molecular flexibility index (Phi) is 1.88. The molecule has 1 aliphatic rings. The molecule has 0 spiro atoms. The SMILES string of the molecule is Cc1ccc(C2(C(N)=O)CC2)cc1C. The van der Waals surface area contributed by atoms with Crippen molar-refractivity contribution in [2.45, 2.75) is 32.1 Å². The zero-order valence-corrected chi connectivity index (χ0v) is 8.63. The maximum atomic E-state index is 11.3. The Morgan fingerprint density at radius 2 is 1.93 bits per heavy atom. The predicted molar refractivity (Wildman–Crippen MR) is 56.0 cm³/mol. The summed E-state index contributed by atoms with van der Waals surface area (Å²) < 4.78 is 0. The van der Waals surface area contributed by atoms with E-state index in [4.69, 9.17) is 5.73 Å². The van der Waals surface area contributed by atoms with Crippen molar-refractivity contribution < 1.29 is 4.79 Å². The summed E-state index contributed by atoms with van der Waals surface area (Å²) >= 11 is 0. The van der Waals surface area contributed by atoms with Crippen molar-refractivity contribution >= 4 is 5.91 Å². The van der Waals surface area contributed by atoms with Gasteiger partial charge in [-0.05, 0) is 43.4 Å². The lowest BCUT2D eigenvalue weighted by Crippen LogP contribution is -2.28. The molecule has 0 unspecified atom stereocenters. The van der Waals surface area contributed by atoms with Gasteiger partial charge >= 0.3 is 0 Å². The van der Waals surface area contributed by atoms with Gasteiger partial charge in [0.25, 0.3) is 0 Å². The molecule has 0 atom stereocenters. The number of nitrogens with two attached hydrogens (primary N) is 1. The second-order valence-corrected chi connectivity index (χ2v) is 4.25. The number of primary amides is 1. The highest BCUT2D eigenvalue weighted by Gasteiger charge is 2.49. The number of carbonyl (C=O) groups is 1. The molecule has 1 aromatic carbocycles. The van der Waals surface area contributed by atoms with E-state index in [2.05, 4.69) is 26.0 Å². The normalized spacial score (nSPS) is 17.9. The Labute approximate surface area is 84.1 Å². The molecule has 0 radical (unpaired) electrons. The lowest BCUT2D eigenvalue weighted by atomic mass is 9.92. The van der Waals surface area contributed by atoms with E-state index in [9.17, 15) is 4.79 Å². The van der Waals surface area contributed by atoms with Gasteiger partial charge in [0, 0.05) is 0 Å². The summed E-state index contributed by atoms with van der Waals surface area (Å²) in [5, 5.41) is 0. The fraction of sp³-hybridized carbons (Fsp3) is 0.417. The highest BCUT2D eigenvalue weighted by Crippen LogP contribution is 2.48. The van der Waals surface area contributed by atoms with Gasteiger partial charge in [0.05, 0.1) is 5.41 Å². The van der Waals surface area contributed by atoms with Gasteiger partial charge < -0.3 is 5.73 Å². The van der Waals surface area contributed by atoms with Crippen molar-refractivity contribution in [3.8, 4) is 0 Å². The number of aryl methyl sites for hydroxylation is 2.